The van der Waals surface area contributed by atoms with Gasteiger partial charge in [-0.15, -0.1) is 0 Å². The summed E-state index contributed by atoms with van der Waals surface area (Å²) in [5.74, 6) is -0.0871. The molecule has 0 unspecified atom stereocenters. The fourth-order valence-electron chi connectivity index (χ4n) is 4.80. The zero-order valence-electron chi connectivity index (χ0n) is 18.1. The van der Waals surface area contributed by atoms with Gasteiger partial charge in [-0.1, -0.05) is 103 Å². The van der Waals surface area contributed by atoms with Crippen molar-refractivity contribution in [2.75, 3.05) is 0 Å². The minimum Gasteiger partial charge on any atom is -0.267 e. The van der Waals surface area contributed by atoms with Crippen LogP contribution in [-0.4, -0.2) is 15.7 Å². The highest BCUT2D eigenvalue weighted by atomic mass is 16.2. The average molecular weight is 427 g/mol. The lowest BCUT2D eigenvalue weighted by molar-refractivity contribution is 0.0948. The van der Waals surface area contributed by atoms with E-state index in [1.165, 1.54) is 16.3 Å². The Bertz CT molecular complexity index is 1510. The topological polar surface area (TPSA) is 34.9 Å². The summed E-state index contributed by atoms with van der Waals surface area (Å²) in [4.78, 5) is 13.2. The number of carbonyl (C=O) groups excluding carboxylic acids is 1. The van der Waals surface area contributed by atoms with Gasteiger partial charge in [0.15, 0.2) is 0 Å². The van der Waals surface area contributed by atoms with Crippen LogP contribution in [0.1, 0.15) is 27.3 Å². The highest BCUT2D eigenvalue weighted by molar-refractivity contribution is 6.03. The summed E-state index contributed by atoms with van der Waals surface area (Å²) >= 11 is 0. The molecule has 33 heavy (non-hydrogen) atoms. The molecule has 5 aromatic rings. The van der Waals surface area contributed by atoms with Crippen molar-refractivity contribution in [2.45, 2.75) is 12.8 Å². The van der Waals surface area contributed by atoms with Crippen LogP contribution >= 0.6 is 0 Å². The average Bonchev–Trinajstić information content (AvgIpc) is 3.23. The largest absolute Gasteiger partial charge is 0.271 e. The Morgan fingerprint density at radius 2 is 1.45 bits per heavy atom. The van der Waals surface area contributed by atoms with Gasteiger partial charge in [0.25, 0.3) is 5.91 Å². The lowest BCUT2D eigenvalue weighted by Gasteiger charge is -2.17. The Morgan fingerprint density at radius 1 is 0.758 bits per heavy atom. The number of allylic oxidation sites excluding steroid dienone is 2. The lowest BCUT2D eigenvalue weighted by Crippen LogP contribution is -2.19. The fraction of sp³-hybridized carbons (Fsp3) is 0.0667. The summed E-state index contributed by atoms with van der Waals surface area (Å²) in [5, 5.41) is 7.22. The molecule has 6 rings (SSSR count). The highest BCUT2D eigenvalue weighted by Crippen LogP contribution is 2.38. The molecular weight excluding hydrogens is 404 g/mol. The van der Waals surface area contributed by atoms with Crippen molar-refractivity contribution in [3.8, 4) is 11.1 Å². The van der Waals surface area contributed by atoms with Gasteiger partial charge in [0.2, 0.25) is 0 Å². The van der Waals surface area contributed by atoms with Crippen molar-refractivity contribution < 1.29 is 4.79 Å². The van der Waals surface area contributed by atoms with Crippen molar-refractivity contribution in [1.29, 1.82) is 0 Å². The minimum atomic E-state index is -0.0871. The van der Waals surface area contributed by atoms with Crippen LogP contribution in [0.25, 0.3) is 27.5 Å². The van der Waals surface area contributed by atoms with Gasteiger partial charge in [0.1, 0.15) is 0 Å². The molecule has 3 nitrogen and oxygen atoms in total. The van der Waals surface area contributed by atoms with Crippen LogP contribution in [0.3, 0.4) is 0 Å². The third-order valence-corrected chi connectivity index (χ3v) is 6.34. The monoisotopic (exact) mass is 426 g/mol. The van der Waals surface area contributed by atoms with Gasteiger partial charge in [-0.05, 0) is 33.0 Å². The lowest BCUT2D eigenvalue weighted by atomic mass is 9.90. The standard InChI is InChI=1S/C30H22N2O/c33-29-20-24(22-12-5-2-6-13-22)19-28-30(26-17-9-15-23-14-7-8-16-25(23)26)27(31-32(28)29)18-21-10-3-1-4-11-21/h1-17,20H,18-19H2. The molecule has 0 saturated heterocycles. The smallest absolute Gasteiger partial charge is 0.267 e. The first-order valence-corrected chi connectivity index (χ1v) is 11.2. The summed E-state index contributed by atoms with van der Waals surface area (Å²) in [5.41, 5.74) is 7.38. The molecule has 0 fully saturated rings. The maximum absolute atomic E-state index is 13.2. The predicted molar refractivity (Wildman–Crippen MR) is 133 cm³/mol. The van der Waals surface area contributed by atoms with E-state index < -0.39 is 0 Å². The van der Waals surface area contributed by atoms with Gasteiger partial charge in [0.05, 0.1) is 11.4 Å². The van der Waals surface area contributed by atoms with E-state index in [4.69, 9.17) is 5.10 Å². The Labute approximate surface area is 192 Å². The molecule has 3 heteroatoms. The third-order valence-electron chi connectivity index (χ3n) is 6.34. The maximum atomic E-state index is 13.2. The van der Waals surface area contributed by atoms with Crippen LogP contribution in [-0.2, 0) is 12.8 Å². The fourth-order valence-corrected chi connectivity index (χ4v) is 4.80. The van der Waals surface area contributed by atoms with E-state index in [1.54, 1.807) is 10.8 Å². The van der Waals surface area contributed by atoms with E-state index in [0.29, 0.717) is 12.8 Å². The third kappa shape index (κ3) is 3.48. The van der Waals surface area contributed by atoms with Crippen LogP contribution in [0.5, 0.6) is 0 Å². The molecule has 0 amide bonds. The van der Waals surface area contributed by atoms with E-state index >= 15 is 0 Å². The Kier molecular flexibility index (Phi) is 4.73. The summed E-state index contributed by atoms with van der Waals surface area (Å²) in [7, 11) is 0. The first-order valence-electron chi connectivity index (χ1n) is 11.2. The molecule has 1 aromatic heterocycles. The van der Waals surface area contributed by atoms with E-state index in [-0.39, 0.29) is 5.91 Å². The van der Waals surface area contributed by atoms with Crippen LogP contribution in [0.15, 0.2) is 109 Å². The number of nitrogens with zero attached hydrogens (tertiary/aromatic N) is 2. The molecule has 2 heterocycles. The molecule has 158 valence electrons. The number of hydrogen-bond donors (Lipinski definition) is 0. The number of carbonyl (C=O) groups is 1. The highest BCUT2D eigenvalue weighted by Gasteiger charge is 2.27. The second kappa shape index (κ2) is 8.03. The first kappa shape index (κ1) is 19.4. The predicted octanol–water partition coefficient (Wildman–Crippen LogP) is 6.57. The normalized spacial score (nSPS) is 13.1. The van der Waals surface area contributed by atoms with E-state index in [2.05, 4.69) is 66.7 Å². The number of benzene rings is 4. The molecule has 0 radical (unpaired) electrons. The SMILES string of the molecule is O=C1C=C(c2ccccc2)Cc2c(-c3cccc4ccccc34)c(Cc3ccccc3)nn21. The van der Waals surface area contributed by atoms with Gasteiger partial charge >= 0.3 is 0 Å². The molecule has 0 spiro atoms. The van der Waals surface area contributed by atoms with Gasteiger partial charge in [0, 0.05) is 24.5 Å². The molecule has 0 aliphatic carbocycles. The van der Waals surface area contributed by atoms with Crippen molar-refractivity contribution in [3.63, 3.8) is 0 Å². The molecule has 0 N–H and O–H groups in total. The van der Waals surface area contributed by atoms with Gasteiger partial charge in [-0.2, -0.15) is 9.78 Å². The summed E-state index contributed by atoms with van der Waals surface area (Å²) in [6, 6.07) is 35.3. The quantitative estimate of drug-likeness (QED) is 0.326. The molecule has 4 aromatic carbocycles. The number of rotatable bonds is 4. The van der Waals surface area contributed by atoms with E-state index in [1.807, 2.05) is 36.4 Å². The molecule has 0 saturated carbocycles. The van der Waals surface area contributed by atoms with Gasteiger partial charge in [-0.3, -0.25) is 4.79 Å². The molecule has 0 bridgehead atoms. The number of fused-ring (bicyclic) bond motifs is 2. The van der Waals surface area contributed by atoms with Crippen molar-refractivity contribution >= 4 is 22.3 Å². The Morgan fingerprint density at radius 3 is 2.27 bits per heavy atom. The Balaban J connectivity index is 1.57. The van der Waals surface area contributed by atoms with Crippen LogP contribution in [0, 0.1) is 0 Å². The summed E-state index contributed by atoms with van der Waals surface area (Å²) in [6.45, 7) is 0. The zero-order chi connectivity index (χ0) is 22.2. The summed E-state index contributed by atoms with van der Waals surface area (Å²) in [6.07, 6.45) is 3.07. The first-order chi connectivity index (χ1) is 16.3. The van der Waals surface area contributed by atoms with Crippen LogP contribution in [0.4, 0.5) is 0 Å². The van der Waals surface area contributed by atoms with Crippen molar-refractivity contribution in [2.24, 2.45) is 0 Å². The molecule has 0 atom stereocenters. The van der Waals surface area contributed by atoms with Crippen molar-refractivity contribution in [3.05, 3.63) is 132 Å². The van der Waals surface area contributed by atoms with E-state index in [0.717, 1.165) is 33.7 Å². The number of aromatic nitrogens is 2. The minimum absolute atomic E-state index is 0.0871. The van der Waals surface area contributed by atoms with Crippen molar-refractivity contribution in [1.82, 2.24) is 9.78 Å². The summed E-state index contributed by atoms with van der Waals surface area (Å²) < 4.78 is 1.61. The van der Waals surface area contributed by atoms with Gasteiger partial charge in [-0.25, -0.2) is 0 Å². The molecule has 1 aliphatic heterocycles. The Hall–Kier alpha value is -4.24. The molecular formula is C30H22N2O. The van der Waals surface area contributed by atoms with Crippen LogP contribution in [0.2, 0.25) is 0 Å². The maximum Gasteiger partial charge on any atom is 0.271 e. The van der Waals surface area contributed by atoms with E-state index in [9.17, 15) is 4.79 Å². The van der Waals surface area contributed by atoms with Crippen LogP contribution < -0.4 is 0 Å². The van der Waals surface area contributed by atoms with Gasteiger partial charge < -0.3 is 0 Å². The number of hydrogen-bond acceptors (Lipinski definition) is 2. The molecule has 1 aliphatic rings. The second-order valence-corrected chi connectivity index (χ2v) is 8.42. The second-order valence-electron chi connectivity index (χ2n) is 8.42. The zero-order valence-corrected chi connectivity index (χ0v) is 18.1.